The third-order valence-electron chi connectivity index (χ3n) is 6.68. The van der Waals surface area contributed by atoms with Gasteiger partial charge >= 0.3 is 12.1 Å². The van der Waals surface area contributed by atoms with Crippen LogP contribution in [-0.4, -0.2) is 49.8 Å². The van der Waals surface area contributed by atoms with Crippen molar-refractivity contribution < 1.29 is 19.1 Å². The van der Waals surface area contributed by atoms with Gasteiger partial charge in [0.05, 0.1) is 24.9 Å². The van der Waals surface area contributed by atoms with E-state index in [9.17, 15) is 9.59 Å². The van der Waals surface area contributed by atoms with E-state index in [0.717, 1.165) is 40.9 Å². The molecule has 1 aliphatic heterocycles. The molecule has 2 aromatic carbocycles. The first kappa shape index (κ1) is 27.3. The fourth-order valence-corrected chi connectivity index (χ4v) is 4.73. The molecule has 0 bridgehead atoms. The molecule has 1 amide bonds. The van der Waals surface area contributed by atoms with Gasteiger partial charge in [0, 0.05) is 32.6 Å². The number of nitrogens with zero attached hydrogens (tertiary/aromatic N) is 2. The van der Waals surface area contributed by atoms with Gasteiger partial charge in [-0.2, -0.15) is 0 Å². The van der Waals surface area contributed by atoms with E-state index in [2.05, 4.69) is 23.6 Å². The minimum Gasteiger partial charge on any atom is -0.469 e. The van der Waals surface area contributed by atoms with Crippen molar-refractivity contribution >= 4 is 23.4 Å². The van der Waals surface area contributed by atoms with Crippen LogP contribution in [0, 0.1) is 6.92 Å². The summed E-state index contributed by atoms with van der Waals surface area (Å²) in [5.74, 6) is -0.527. The molecule has 0 fully saturated rings. The highest BCUT2D eigenvalue weighted by Crippen LogP contribution is 2.38. The van der Waals surface area contributed by atoms with Crippen LogP contribution in [0.1, 0.15) is 67.9 Å². The molecule has 1 unspecified atom stereocenters. The Kier molecular flexibility index (Phi) is 8.51. The number of benzene rings is 2. The summed E-state index contributed by atoms with van der Waals surface area (Å²) in [5.41, 5.74) is 15.9. The quantitative estimate of drug-likeness (QED) is 0.330. The molecule has 2 aromatic rings. The number of nitrogens with one attached hydrogen (secondary N) is 1. The fourth-order valence-electron chi connectivity index (χ4n) is 4.73. The van der Waals surface area contributed by atoms with Crippen LogP contribution in [0.3, 0.4) is 0 Å². The summed E-state index contributed by atoms with van der Waals surface area (Å²) in [6, 6.07) is 10.3. The Morgan fingerprint density at radius 3 is 2.53 bits per heavy atom. The lowest BCUT2D eigenvalue weighted by atomic mass is 9.83. The Balaban J connectivity index is 1.99. The van der Waals surface area contributed by atoms with Gasteiger partial charge in [0.25, 0.3) is 0 Å². The molecule has 8 heteroatoms. The second-order valence-electron chi connectivity index (χ2n) is 10.2. The van der Waals surface area contributed by atoms with Crippen molar-refractivity contribution in [1.29, 1.82) is 0 Å². The molecular weight excluding hydrogens is 456 g/mol. The molecule has 1 atom stereocenters. The lowest BCUT2D eigenvalue weighted by molar-refractivity contribution is -0.140. The number of methoxy groups -OCH3 is 1. The third-order valence-corrected chi connectivity index (χ3v) is 6.68. The summed E-state index contributed by atoms with van der Waals surface area (Å²) >= 11 is 0. The average Bonchev–Trinajstić information content (AvgIpc) is 2.84. The Bertz CT molecular complexity index is 1110. The zero-order chi connectivity index (χ0) is 26.6. The lowest BCUT2D eigenvalue weighted by Gasteiger charge is -2.32. The first-order valence-corrected chi connectivity index (χ1v) is 12.5. The number of esters is 1. The van der Waals surface area contributed by atoms with Crippen LogP contribution < -0.4 is 16.2 Å². The molecule has 3 N–H and O–H groups in total. The van der Waals surface area contributed by atoms with Gasteiger partial charge in [-0.1, -0.05) is 24.3 Å². The summed E-state index contributed by atoms with van der Waals surface area (Å²) in [4.78, 5) is 26.9. The largest absolute Gasteiger partial charge is 0.469 e. The topological polar surface area (TPSA) is 97.1 Å². The number of amides is 1. The average molecular weight is 497 g/mol. The number of ether oxygens (including phenoxy) is 2. The zero-order valence-corrected chi connectivity index (χ0v) is 22.6. The summed E-state index contributed by atoms with van der Waals surface area (Å²) < 4.78 is 10.6. The van der Waals surface area contributed by atoms with Crippen molar-refractivity contribution in [2.24, 2.45) is 0 Å². The summed E-state index contributed by atoms with van der Waals surface area (Å²) in [6.07, 6.45) is 0.635. The van der Waals surface area contributed by atoms with E-state index >= 15 is 0 Å². The molecular formula is C28H40N4O4. The molecule has 3 rings (SSSR count). The predicted octanol–water partition coefficient (Wildman–Crippen LogP) is 4.53. The van der Waals surface area contributed by atoms with Crippen molar-refractivity contribution in [2.75, 3.05) is 38.0 Å². The van der Waals surface area contributed by atoms with Crippen molar-refractivity contribution in [3.8, 4) is 0 Å². The summed E-state index contributed by atoms with van der Waals surface area (Å²) in [5, 5.41) is 1.98. The van der Waals surface area contributed by atoms with Gasteiger partial charge in [0.15, 0.2) is 0 Å². The van der Waals surface area contributed by atoms with Crippen molar-refractivity contribution in [3.05, 3.63) is 58.1 Å². The molecule has 196 valence electrons. The van der Waals surface area contributed by atoms with Crippen LogP contribution in [0.5, 0.6) is 0 Å². The Morgan fingerprint density at radius 2 is 1.92 bits per heavy atom. The number of nitrogen functional groups attached to an aromatic ring is 1. The molecule has 0 saturated carbocycles. The van der Waals surface area contributed by atoms with Crippen LogP contribution in [0.15, 0.2) is 30.3 Å². The molecule has 8 nitrogen and oxygen atoms in total. The Morgan fingerprint density at radius 1 is 1.19 bits per heavy atom. The van der Waals surface area contributed by atoms with Gasteiger partial charge in [0.2, 0.25) is 0 Å². The molecule has 0 radical (unpaired) electrons. The van der Waals surface area contributed by atoms with Crippen LogP contribution in [0.4, 0.5) is 16.2 Å². The van der Waals surface area contributed by atoms with Gasteiger partial charge in [-0.3, -0.25) is 4.79 Å². The van der Waals surface area contributed by atoms with Crippen molar-refractivity contribution in [1.82, 2.24) is 10.3 Å². The third kappa shape index (κ3) is 6.10. The van der Waals surface area contributed by atoms with Gasteiger partial charge in [0.1, 0.15) is 5.60 Å². The fraction of sp³-hybridized carbons (Fsp3) is 0.500. The minimum absolute atomic E-state index is 0.189. The summed E-state index contributed by atoms with van der Waals surface area (Å²) in [6.45, 7) is 11.5. The van der Waals surface area contributed by atoms with Crippen molar-refractivity contribution in [2.45, 2.75) is 65.5 Å². The zero-order valence-electron chi connectivity index (χ0n) is 22.6. The predicted molar refractivity (Wildman–Crippen MR) is 143 cm³/mol. The lowest BCUT2D eigenvalue weighted by Crippen LogP contribution is -2.39. The van der Waals surface area contributed by atoms with E-state index in [-0.39, 0.29) is 24.4 Å². The van der Waals surface area contributed by atoms with E-state index in [1.807, 2.05) is 58.8 Å². The van der Waals surface area contributed by atoms with E-state index in [0.29, 0.717) is 18.8 Å². The molecule has 1 heterocycles. The first-order valence-electron chi connectivity index (χ1n) is 12.5. The monoisotopic (exact) mass is 496 g/mol. The number of hydrogen-bond acceptors (Lipinski definition) is 7. The van der Waals surface area contributed by atoms with E-state index < -0.39 is 5.60 Å². The number of rotatable bonds is 7. The SMILES string of the molecule is CCN(NC)c1ccc(C(CC(=O)OC)c2ccc3c(c2)CN(C(=O)OC(C)(C)C)CC3)c(C)c1N. The highest BCUT2D eigenvalue weighted by Gasteiger charge is 2.28. The molecule has 0 aliphatic carbocycles. The van der Waals surface area contributed by atoms with Crippen LogP contribution in [-0.2, 0) is 27.2 Å². The molecule has 0 spiro atoms. The number of carbonyl (C=O) groups excluding carboxylic acids is 2. The van der Waals surface area contributed by atoms with E-state index in [1.165, 1.54) is 12.7 Å². The molecule has 1 aliphatic rings. The number of hydrogen-bond donors (Lipinski definition) is 2. The maximum absolute atomic E-state index is 12.7. The molecule has 36 heavy (non-hydrogen) atoms. The second kappa shape index (κ2) is 11.2. The van der Waals surface area contributed by atoms with Gasteiger partial charge in [-0.05, 0) is 74.9 Å². The maximum Gasteiger partial charge on any atom is 0.410 e. The molecule has 0 aromatic heterocycles. The Labute approximate surface area is 214 Å². The van der Waals surface area contributed by atoms with E-state index in [4.69, 9.17) is 15.2 Å². The number of carbonyl (C=O) groups is 2. The minimum atomic E-state index is -0.547. The highest BCUT2D eigenvalue weighted by atomic mass is 16.6. The summed E-state index contributed by atoms with van der Waals surface area (Å²) in [7, 11) is 3.27. The maximum atomic E-state index is 12.7. The molecule has 0 saturated heterocycles. The smallest absolute Gasteiger partial charge is 0.410 e. The standard InChI is InChI=1S/C28H40N4O4/c1-8-32(30-6)24-12-11-22(18(2)26(24)29)23(16-25(33)35-7)20-10-9-19-13-14-31(17-21(19)15-20)27(34)36-28(3,4)5/h9-12,15,23,30H,8,13-14,16-17,29H2,1-7H3. The van der Waals surface area contributed by atoms with Gasteiger partial charge in [-0.15, -0.1) is 0 Å². The van der Waals surface area contributed by atoms with Gasteiger partial charge < -0.3 is 25.1 Å². The number of nitrogens with two attached hydrogens (primary N) is 1. The second-order valence-corrected chi connectivity index (χ2v) is 10.2. The number of hydrazine groups is 1. The van der Waals surface area contributed by atoms with Crippen LogP contribution in [0.2, 0.25) is 0 Å². The number of anilines is 2. The van der Waals surface area contributed by atoms with Crippen LogP contribution in [0.25, 0.3) is 0 Å². The van der Waals surface area contributed by atoms with E-state index in [1.54, 1.807) is 4.90 Å². The Hall–Kier alpha value is -3.26. The normalized spacial score (nSPS) is 14.1. The first-order chi connectivity index (χ1) is 17.0. The van der Waals surface area contributed by atoms with Crippen LogP contribution >= 0.6 is 0 Å². The van der Waals surface area contributed by atoms with Crippen molar-refractivity contribution in [3.63, 3.8) is 0 Å². The highest BCUT2D eigenvalue weighted by molar-refractivity contribution is 5.75. The number of fused-ring (bicyclic) bond motifs is 1. The van der Waals surface area contributed by atoms with Gasteiger partial charge in [-0.25, -0.2) is 10.2 Å².